The molecule has 1 aliphatic rings. The highest BCUT2D eigenvalue weighted by Crippen LogP contribution is 2.19. The van der Waals surface area contributed by atoms with Gasteiger partial charge < -0.3 is 29.5 Å². The molecule has 0 bridgehead atoms. The topological polar surface area (TPSA) is 98.6 Å². The summed E-state index contributed by atoms with van der Waals surface area (Å²) in [6.07, 6.45) is -0.576. The molecule has 2 aromatic carbocycles. The molecule has 1 aliphatic heterocycles. The number of rotatable bonds is 10. The molecule has 0 aliphatic carbocycles. The van der Waals surface area contributed by atoms with E-state index >= 15 is 0 Å². The number of hydrogen-bond acceptors (Lipinski definition) is 7. The van der Waals surface area contributed by atoms with Gasteiger partial charge in [-0.15, -0.1) is 0 Å². The molecule has 2 N–H and O–H groups in total. The van der Waals surface area contributed by atoms with Gasteiger partial charge in [0.2, 0.25) is 6.10 Å². The second-order valence-corrected chi connectivity index (χ2v) is 6.87. The minimum Gasteiger partial charge on any atom is -0.497 e. The molecule has 0 radical (unpaired) electrons. The van der Waals surface area contributed by atoms with Gasteiger partial charge in [0.25, 0.3) is 5.91 Å². The van der Waals surface area contributed by atoms with Crippen LogP contribution in [-0.4, -0.2) is 56.3 Å². The summed E-state index contributed by atoms with van der Waals surface area (Å²) < 4.78 is 15.9. The van der Waals surface area contributed by atoms with Gasteiger partial charge in [-0.1, -0.05) is 23.4 Å². The SMILES string of the molecule is COc1cccc(CC2=NO[C@@H](C(=O)NC[C@H](O)COc3cccc(OC)c3)C2)c1. The lowest BCUT2D eigenvalue weighted by Crippen LogP contribution is -2.40. The zero-order valence-electron chi connectivity index (χ0n) is 17.0. The number of amides is 1. The van der Waals surface area contributed by atoms with Gasteiger partial charge in [0.05, 0.1) is 19.9 Å². The fraction of sp³-hybridized carbons (Fsp3) is 0.364. The number of hydrogen-bond donors (Lipinski definition) is 2. The number of carbonyl (C=O) groups excluding carboxylic acids is 1. The Morgan fingerprint density at radius 3 is 2.63 bits per heavy atom. The Hall–Kier alpha value is -3.26. The van der Waals surface area contributed by atoms with E-state index in [4.69, 9.17) is 19.0 Å². The summed E-state index contributed by atoms with van der Waals surface area (Å²) in [6.45, 7) is 0.0877. The predicted molar refractivity (Wildman–Crippen MR) is 111 cm³/mol. The molecule has 2 aromatic rings. The van der Waals surface area contributed by atoms with Gasteiger partial charge in [-0.05, 0) is 29.8 Å². The second-order valence-electron chi connectivity index (χ2n) is 6.87. The van der Waals surface area contributed by atoms with Crippen LogP contribution in [0.25, 0.3) is 0 Å². The summed E-state index contributed by atoms with van der Waals surface area (Å²) in [4.78, 5) is 17.6. The first-order chi connectivity index (χ1) is 14.6. The van der Waals surface area contributed by atoms with Crippen molar-refractivity contribution in [2.45, 2.75) is 25.0 Å². The van der Waals surface area contributed by atoms with Crippen molar-refractivity contribution in [3.05, 3.63) is 54.1 Å². The van der Waals surface area contributed by atoms with Gasteiger partial charge in [0.15, 0.2) is 0 Å². The zero-order valence-corrected chi connectivity index (χ0v) is 17.0. The van der Waals surface area contributed by atoms with E-state index in [2.05, 4.69) is 10.5 Å². The summed E-state index contributed by atoms with van der Waals surface area (Å²) in [7, 11) is 3.19. The third kappa shape index (κ3) is 6.12. The van der Waals surface area contributed by atoms with Crippen LogP contribution in [0.15, 0.2) is 53.7 Å². The molecule has 2 atom stereocenters. The largest absolute Gasteiger partial charge is 0.497 e. The molecule has 0 unspecified atom stereocenters. The number of oxime groups is 1. The van der Waals surface area contributed by atoms with Gasteiger partial charge >= 0.3 is 0 Å². The van der Waals surface area contributed by atoms with Gasteiger partial charge in [0, 0.05) is 25.5 Å². The van der Waals surface area contributed by atoms with Crippen LogP contribution < -0.4 is 19.5 Å². The number of methoxy groups -OCH3 is 2. The lowest BCUT2D eigenvalue weighted by atomic mass is 10.0. The lowest BCUT2D eigenvalue weighted by molar-refractivity contribution is -0.131. The summed E-state index contributed by atoms with van der Waals surface area (Å²) >= 11 is 0. The Bertz CT molecular complexity index is 885. The molecule has 0 aromatic heterocycles. The third-order valence-electron chi connectivity index (χ3n) is 4.56. The van der Waals surface area contributed by atoms with Crippen LogP contribution in [0.5, 0.6) is 17.2 Å². The number of aliphatic hydroxyl groups excluding tert-OH is 1. The van der Waals surface area contributed by atoms with E-state index in [1.54, 1.807) is 38.5 Å². The van der Waals surface area contributed by atoms with Crippen molar-refractivity contribution < 1.29 is 28.9 Å². The van der Waals surface area contributed by atoms with Crippen LogP contribution >= 0.6 is 0 Å². The molecular weight excluding hydrogens is 388 g/mol. The van der Waals surface area contributed by atoms with Gasteiger partial charge in [-0.2, -0.15) is 0 Å². The number of aliphatic hydroxyl groups is 1. The monoisotopic (exact) mass is 414 g/mol. The predicted octanol–water partition coefficient (Wildman–Crippen LogP) is 1.95. The van der Waals surface area contributed by atoms with Crippen molar-refractivity contribution in [2.75, 3.05) is 27.4 Å². The number of nitrogens with one attached hydrogen (secondary N) is 1. The second kappa shape index (κ2) is 10.5. The molecule has 3 rings (SSSR count). The van der Waals surface area contributed by atoms with Crippen LogP contribution in [0.2, 0.25) is 0 Å². The lowest BCUT2D eigenvalue weighted by Gasteiger charge is -2.15. The van der Waals surface area contributed by atoms with Crippen LogP contribution in [0.1, 0.15) is 12.0 Å². The molecule has 8 heteroatoms. The van der Waals surface area contributed by atoms with Crippen molar-refractivity contribution >= 4 is 11.6 Å². The average molecular weight is 414 g/mol. The Balaban J connectivity index is 1.39. The maximum absolute atomic E-state index is 12.3. The molecule has 0 spiro atoms. The fourth-order valence-corrected chi connectivity index (χ4v) is 2.96. The highest BCUT2D eigenvalue weighted by molar-refractivity contribution is 5.94. The van der Waals surface area contributed by atoms with E-state index in [1.165, 1.54) is 0 Å². The van der Waals surface area contributed by atoms with E-state index in [1.807, 2.05) is 24.3 Å². The third-order valence-corrected chi connectivity index (χ3v) is 4.56. The standard InChI is InChI=1S/C22H26N2O6/c1-27-18-6-3-5-15(10-18)9-16-11-21(30-24-16)22(26)23-13-17(25)14-29-20-8-4-7-19(12-20)28-2/h3-8,10,12,17,21,25H,9,11,13-14H2,1-2H3,(H,23,26)/t17-,21+/m0/s1. The van der Waals surface area contributed by atoms with E-state index in [9.17, 15) is 9.90 Å². The minimum atomic E-state index is -0.862. The van der Waals surface area contributed by atoms with Crippen molar-refractivity contribution in [2.24, 2.45) is 5.16 Å². The quantitative estimate of drug-likeness (QED) is 0.617. The van der Waals surface area contributed by atoms with Gasteiger partial charge in [-0.25, -0.2) is 0 Å². The Morgan fingerprint density at radius 2 is 1.87 bits per heavy atom. The first kappa shape index (κ1) is 21.4. The summed E-state index contributed by atoms with van der Waals surface area (Å²) in [5.41, 5.74) is 1.81. The van der Waals surface area contributed by atoms with E-state index in [-0.39, 0.29) is 19.1 Å². The Morgan fingerprint density at radius 1 is 1.17 bits per heavy atom. The summed E-state index contributed by atoms with van der Waals surface area (Å²) in [5.74, 6) is 1.69. The summed E-state index contributed by atoms with van der Waals surface area (Å²) in [5, 5.41) is 16.8. The number of carbonyl (C=O) groups is 1. The molecule has 0 saturated carbocycles. The molecular formula is C22H26N2O6. The number of nitrogens with zero attached hydrogens (tertiary/aromatic N) is 1. The first-order valence-electron chi connectivity index (χ1n) is 9.64. The van der Waals surface area contributed by atoms with Crippen molar-refractivity contribution in [3.8, 4) is 17.2 Å². The van der Waals surface area contributed by atoms with Gasteiger partial charge in [-0.3, -0.25) is 4.79 Å². The molecule has 8 nitrogen and oxygen atoms in total. The van der Waals surface area contributed by atoms with Crippen LogP contribution in [0, 0.1) is 0 Å². The van der Waals surface area contributed by atoms with E-state index in [0.29, 0.717) is 24.3 Å². The van der Waals surface area contributed by atoms with Crippen LogP contribution in [-0.2, 0) is 16.1 Å². The zero-order chi connectivity index (χ0) is 21.3. The van der Waals surface area contributed by atoms with Crippen molar-refractivity contribution in [1.82, 2.24) is 5.32 Å². The van der Waals surface area contributed by atoms with Crippen LogP contribution in [0.3, 0.4) is 0 Å². The highest BCUT2D eigenvalue weighted by Gasteiger charge is 2.28. The first-order valence-corrected chi connectivity index (χ1v) is 9.64. The average Bonchev–Trinajstić information content (AvgIpc) is 3.24. The van der Waals surface area contributed by atoms with E-state index in [0.717, 1.165) is 17.0 Å². The van der Waals surface area contributed by atoms with Crippen LogP contribution in [0.4, 0.5) is 0 Å². The maximum Gasteiger partial charge on any atom is 0.264 e. The Labute approximate surface area is 175 Å². The fourth-order valence-electron chi connectivity index (χ4n) is 2.96. The molecule has 0 saturated heterocycles. The molecule has 1 heterocycles. The molecule has 160 valence electrons. The molecule has 0 fully saturated rings. The summed E-state index contributed by atoms with van der Waals surface area (Å²) in [6, 6.07) is 14.8. The molecule has 1 amide bonds. The van der Waals surface area contributed by atoms with E-state index < -0.39 is 12.2 Å². The molecule has 30 heavy (non-hydrogen) atoms. The van der Waals surface area contributed by atoms with Crippen molar-refractivity contribution in [3.63, 3.8) is 0 Å². The van der Waals surface area contributed by atoms with Gasteiger partial charge in [0.1, 0.15) is 30.0 Å². The Kier molecular flexibility index (Phi) is 7.51. The maximum atomic E-state index is 12.3. The number of benzene rings is 2. The van der Waals surface area contributed by atoms with Crippen molar-refractivity contribution in [1.29, 1.82) is 0 Å². The highest BCUT2D eigenvalue weighted by atomic mass is 16.6. The smallest absolute Gasteiger partial charge is 0.264 e. The minimum absolute atomic E-state index is 0.0383. The normalized spacial score (nSPS) is 16.2. The number of ether oxygens (including phenoxy) is 3.